The Morgan fingerprint density at radius 1 is 0.949 bits per heavy atom. The summed E-state index contributed by atoms with van der Waals surface area (Å²) >= 11 is 0. The summed E-state index contributed by atoms with van der Waals surface area (Å²) in [6.45, 7) is 9.30. The molecule has 1 amide bonds. The van der Waals surface area contributed by atoms with Crippen molar-refractivity contribution in [2.75, 3.05) is 25.1 Å². The molecular weight excluding hydrogens is 516 g/mol. The second kappa shape index (κ2) is 10.8. The van der Waals surface area contributed by atoms with Gasteiger partial charge in [-0.25, -0.2) is 8.42 Å². The summed E-state index contributed by atoms with van der Waals surface area (Å²) in [6, 6.07) is 15.4. The third-order valence-corrected chi connectivity index (χ3v) is 8.45. The first kappa shape index (κ1) is 28.3. The summed E-state index contributed by atoms with van der Waals surface area (Å²) in [7, 11) is -1.23. The largest absolute Gasteiger partial charge is 0.493 e. The van der Waals surface area contributed by atoms with Crippen molar-refractivity contribution in [1.82, 2.24) is 5.32 Å². The number of hydrogen-bond donors (Lipinski definition) is 1. The maximum Gasteiger partial charge on any atom is 0.264 e. The molecule has 1 unspecified atom stereocenters. The molecule has 9 heteroatoms. The van der Waals surface area contributed by atoms with Crippen molar-refractivity contribution in [3.63, 3.8) is 0 Å². The number of hydrogen-bond acceptors (Lipinski definition) is 6. The van der Waals surface area contributed by atoms with Gasteiger partial charge in [-0.1, -0.05) is 23.8 Å². The topological polar surface area (TPSA) is 94.2 Å². The first-order valence-electron chi connectivity index (χ1n) is 12.7. The van der Waals surface area contributed by atoms with E-state index in [1.54, 1.807) is 12.1 Å². The van der Waals surface area contributed by atoms with E-state index >= 15 is 0 Å². The molecule has 1 aliphatic rings. The molecule has 8 nitrogen and oxygen atoms in total. The van der Waals surface area contributed by atoms with Crippen LogP contribution in [0.5, 0.6) is 17.2 Å². The van der Waals surface area contributed by atoms with Gasteiger partial charge in [0.2, 0.25) is 5.91 Å². The lowest BCUT2D eigenvalue weighted by Crippen LogP contribution is -2.45. The molecule has 0 aliphatic carbocycles. The van der Waals surface area contributed by atoms with Crippen molar-refractivity contribution in [1.29, 1.82) is 0 Å². The van der Waals surface area contributed by atoms with Gasteiger partial charge in [-0.3, -0.25) is 9.10 Å². The van der Waals surface area contributed by atoms with Crippen LogP contribution in [0.15, 0.2) is 59.5 Å². The van der Waals surface area contributed by atoms with Gasteiger partial charge in [0.1, 0.15) is 17.9 Å². The number of nitrogens with one attached hydrogen (secondary N) is 1. The lowest BCUT2D eigenvalue weighted by molar-refractivity contribution is -0.120. The van der Waals surface area contributed by atoms with Crippen molar-refractivity contribution in [2.45, 2.75) is 57.6 Å². The number of rotatable bonds is 8. The van der Waals surface area contributed by atoms with Gasteiger partial charge in [-0.2, -0.15) is 0 Å². The van der Waals surface area contributed by atoms with E-state index in [-0.39, 0.29) is 16.7 Å². The number of benzene rings is 3. The highest BCUT2D eigenvalue weighted by atomic mass is 32.2. The van der Waals surface area contributed by atoms with Crippen LogP contribution < -0.4 is 23.8 Å². The van der Waals surface area contributed by atoms with Gasteiger partial charge in [0.05, 0.1) is 30.8 Å². The molecule has 0 spiro atoms. The average molecular weight is 553 g/mol. The standard InChI is InChI=1S/C30H36N2O6S/c1-19-8-10-26-24(15-19)25(17-30(4,5)38-26)31-29(33)18-32(22-13-20(2)12-21(3)14-22)39(34,35)23-9-11-27(36-6)28(16-23)37-7/h8-16,25H,17-18H2,1-7H3,(H,31,33). The van der Waals surface area contributed by atoms with Gasteiger partial charge in [-0.05, 0) is 76.1 Å². The summed E-state index contributed by atoms with van der Waals surface area (Å²) in [5.74, 6) is 0.975. The zero-order chi connectivity index (χ0) is 28.5. The van der Waals surface area contributed by atoms with Crippen LogP contribution in [0.1, 0.15) is 48.6 Å². The Morgan fingerprint density at radius 3 is 2.26 bits per heavy atom. The fourth-order valence-electron chi connectivity index (χ4n) is 4.99. The number of methoxy groups -OCH3 is 2. The monoisotopic (exact) mass is 552 g/mol. The van der Waals surface area contributed by atoms with E-state index in [1.165, 1.54) is 32.4 Å². The van der Waals surface area contributed by atoms with Crippen LogP contribution in [-0.4, -0.2) is 40.7 Å². The zero-order valence-electron chi connectivity index (χ0n) is 23.5. The summed E-state index contributed by atoms with van der Waals surface area (Å²) < 4.78 is 45.9. The predicted molar refractivity (Wildman–Crippen MR) is 151 cm³/mol. The Bertz CT molecular complexity index is 1480. The summed E-state index contributed by atoms with van der Waals surface area (Å²) in [4.78, 5) is 13.6. The molecule has 0 bridgehead atoms. The van der Waals surface area contributed by atoms with E-state index in [4.69, 9.17) is 14.2 Å². The number of anilines is 1. The molecular formula is C30H36N2O6S. The van der Waals surface area contributed by atoms with E-state index in [0.29, 0.717) is 23.6 Å². The normalized spacial score (nSPS) is 16.0. The van der Waals surface area contributed by atoms with Crippen molar-refractivity contribution in [3.8, 4) is 17.2 Å². The molecule has 0 fully saturated rings. The smallest absolute Gasteiger partial charge is 0.264 e. The molecule has 0 radical (unpaired) electrons. The number of amides is 1. The molecule has 0 saturated carbocycles. The molecule has 1 heterocycles. The molecule has 208 valence electrons. The fraction of sp³-hybridized carbons (Fsp3) is 0.367. The molecule has 1 N–H and O–H groups in total. The minimum absolute atomic E-state index is 0.0136. The minimum atomic E-state index is -4.16. The third-order valence-electron chi connectivity index (χ3n) is 6.68. The van der Waals surface area contributed by atoms with Crippen LogP contribution in [0.25, 0.3) is 0 Å². The maximum absolute atomic E-state index is 14.0. The first-order valence-corrected chi connectivity index (χ1v) is 14.2. The summed E-state index contributed by atoms with van der Waals surface area (Å²) in [6.07, 6.45) is 0.543. The molecule has 3 aromatic rings. The van der Waals surface area contributed by atoms with Gasteiger partial charge < -0.3 is 19.5 Å². The molecule has 3 aromatic carbocycles. The highest BCUT2D eigenvalue weighted by Crippen LogP contribution is 2.40. The number of carbonyl (C=O) groups excluding carboxylic acids is 1. The Balaban J connectivity index is 1.71. The highest BCUT2D eigenvalue weighted by molar-refractivity contribution is 7.92. The van der Waals surface area contributed by atoms with E-state index in [2.05, 4.69) is 5.32 Å². The quantitative estimate of drug-likeness (QED) is 0.411. The Morgan fingerprint density at radius 2 is 1.62 bits per heavy atom. The SMILES string of the molecule is COc1ccc(S(=O)(=O)N(CC(=O)NC2CC(C)(C)Oc3ccc(C)cc32)c2cc(C)cc(C)c2)cc1OC. The number of aryl methyl sites for hydroxylation is 3. The molecule has 1 aliphatic heterocycles. The van der Waals surface area contributed by atoms with Crippen LogP contribution >= 0.6 is 0 Å². The average Bonchev–Trinajstić information content (AvgIpc) is 2.86. The van der Waals surface area contributed by atoms with Gasteiger partial charge in [0.15, 0.2) is 11.5 Å². The van der Waals surface area contributed by atoms with Crippen molar-refractivity contribution in [2.24, 2.45) is 0 Å². The number of fused-ring (bicyclic) bond motifs is 1. The van der Waals surface area contributed by atoms with E-state index in [1.807, 2.05) is 58.9 Å². The predicted octanol–water partition coefficient (Wildman–Crippen LogP) is 5.24. The molecule has 1 atom stereocenters. The van der Waals surface area contributed by atoms with Crippen LogP contribution in [0.4, 0.5) is 5.69 Å². The number of carbonyl (C=O) groups is 1. The van der Waals surface area contributed by atoms with Gasteiger partial charge in [0, 0.05) is 18.1 Å². The zero-order valence-corrected chi connectivity index (χ0v) is 24.3. The van der Waals surface area contributed by atoms with E-state index in [9.17, 15) is 13.2 Å². The van der Waals surface area contributed by atoms with Gasteiger partial charge in [-0.15, -0.1) is 0 Å². The van der Waals surface area contributed by atoms with E-state index in [0.717, 1.165) is 26.6 Å². The second-order valence-electron chi connectivity index (χ2n) is 10.6. The molecule has 0 saturated heterocycles. The van der Waals surface area contributed by atoms with Crippen LogP contribution in [0, 0.1) is 20.8 Å². The lowest BCUT2D eigenvalue weighted by atomic mass is 9.89. The second-order valence-corrected chi connectivity index (χ2v) is 12.5. The minimum Gasteiger partial charge on any atom is -0.493 e. The third kappa shape index (κ3) is 6.14. The van der Waals surface area contributed by atoms with Crippen molar-refractivity contribution >= 4 is 21.6 Å². The Kier molecular flexibility index (Phi) is 7.84. The van der Waals surface area contributed by atoms with Crippen molar-refractivity contribution < 1.29 is 27.4 Å². The Hall–Kier alpha value is -3.72. The highest BCUT2D eigenvalue weighted by Gasteiger charge is 2.36. The number of ether oxygens (including phenoxy) is 3. The molecule has 0 aromatic heterocycles. The first-order chi connectivity index (χ1) is 18.3. The van der Waals surface area contributed by atoms with Crippen molar-refractivity contribution in [3.05, 3.63) is 76.9 Å². The molecule has 39 heavy (non-hydrogen) atoms. The van der Waals surface area contributed by atoms with Crippen LogP contribution in [0.3, 0.4) is 0 Å². The van der Waals surface area contributed by atoms with Crippen LogP contribution in [-0.2, 0) is 14.8 Å². The number of sulfonamides is 1. The number of nitrogens with zero attached hydrogens (tertiary/aromatic N) is 1. The van der Waals surface area contributed by atoms with Crippen LogP contribution in [0.2, 0.25) is 0 Å². The molecule has 4 rings (SSSR count). The maximum atomic E-state index is 14.0. The van der Waals surface area contributed by atoms with E-state index < -0.39 is 28.1 Å². The fourth-order valence-corrected chi connectivity index (χ4v) is 6.41. The Labute approximate surface area is 230 Å². The summed E-state index contributed by atoms with van der Waals surface area (Å²) in [5, 5.41) is 3.08. The summed E-state index contributed by atoms with van der Waals surface area (Å²) in [5.41, 5.74) is 3.59. The van der Waals surface area contributed by atoms with Gasteiger partial charge in [0.25, 0.3) is 10.0 Å². The lowest BCUT2D eigenvalue weighted by Gasteiger charge is -2.38. The van der Waals surface area contributed by atoms with Gasteiger partial charge >= 0.3 is 0 Å².